The smallest absolute Gasteiger partial charge is 0.137 e. The Hall–Kier alpha value is -1.37. The van der Waals surface area contributed by atoms with Gasteiger partial charge in [0.25, 0.3) is 0 Å². The summed E-state index contributed by atoms with van der Waals surface area (Å²) < 4.78 is 0. The fourth-order valence-electron chi connectivity index (χ4n) is 2.59. The summed E-state index contributed by atoms with van der Waals surface area (Å²) in [5.41, 5.74) is 2.83. The first kappa shape index (κ1) is 11.1. The number of hydrogen-bond donors (Lipinski definition) is 0. The minimum absolute atomic E-state index is 0.316. The third-order valence-electron chi connectivity index (χ3n) is 3.34. The molecule has 0 aliphatic heterocycles. The van der Waals surface area contributed by atoms with Crippen LogP contribution in [0.5, 0.6) is 0 Å². The predicted molar refractivity (Wildman–Crippen MR) is 66.6 cm³/mol. The molecule has 1 nitrogen and oxygen atoms in total. The number of aryl methyl sites for hydroxylation is 1. The molecule has 2 rings (SSSR count). The lowest BCUT2D eigenvalue weighted by atomic mass is 9.80. The van der Waals surface area contributed by atoms with Crippen molar-refractivity contribution in [1.82, 2.24) is 0 Å². The van der Waals surface area contributed by atoms with E-state index >= 15 is 0 Å². The molecule has 0 fully saturated rings. The first-order valence-electron chi connectivity index (χ1n) is 6.01. The lowest BCUT2D eigenvalue weighted by molar-refractivity contribution is -0.118. The molecule has 1 aromatic carbocycles. The van der Waals surface area contributed by atoms with Crippen LogP contribution in [0.3, 0.4) is 0 Å². The molecule has 0 saturated carbocycles. The molecule has 84 valence electrons. The van der Waals surface area contributed by atoms with Crippen molar-refractivity contribution in [2.45, 2.75) is 38.0 Å². The first-order chi connectivity index (χ1) is 7.81. The molecule has 1 unspecified atom stereocenters. The number of hydrogen-bond acceptors (Lipinski definition) is 1. The minimum Gasteiger partial charge on any atom is -0.299 e. The van der Waals surface area contributed by atoms with E-state index in [1.54, 1.807) is 6.08 Å². The Bertz CT molecular complexity index is 392. The second kappa shape index (κ2) is 5.11. The molecule has 0 N–H and O–H groups in total. The topological polar surface area (TPSA) is 17.1 Å². The predicted octanol–water partition coefficient (Wildman–Crippen LogP) is 3.64. The minimum atomic E-state index is 0.316. The largest absolute Gasteiger partial charge is 0.299 e. The van der Waals surface area contributed by atoms with E-state index in [1.807, 2.05) is 0 Å². The number of carbonyl (C=O) groups is 1. The number of carbonyl (C=O) groups excluding carboxylic acids is 1. The maximum absolute atomic E-state index is 11.6. The van der Waals surface area contributed by atoms with Gasteiger partial charge in [-0.1, -0.05) is 30.3 Å². The van der Waals surface area contributed by atoms with Gasteiger partial charge in [0.15, 0.2) is 0 Å². The Labute approximate surface area is 97.2 Å². The zero-order valence-electron chi connectivity index (χ0n) is 9.61. The standard InChI is InChI=1S/C15H18O/c1-2-6-14(16)11-13-9-5-8-12-7-3-4-10-15(12)13/h2-4,7,10,13H,1,5-6,8-9,11H2. The first-order valence-corrected chi connectivity index (χ1v) is 6.01. The molecule has 16 heavy (non-hydrogen) atoms. The average molecular weight is 214 g/mol. The molecule has 0 bridgehead atoms. The number of Topliss-reactive ketones (excluding diaryl/α,β-unsaturated/α-hetero) is 1. The quantitative estimate of drug-likeness (QED) is 0.699. The van der Waals surface area contributed by atoms with Gasteiger partial charge in [-0.3, -0.25) is 4.79 Å². The second-order valence-electron chi connectivity index (χ2n) is 4.52. The van der Waals surface area contributed by atoms with Crippen molar-refractivity contribution in [3.05, 3.63) is 48.0 Å². The highest BCUT2D eigenvalue weighted by Gasteiger charge is 2.21. The van der Waals surface area contributed by atoms with E-state index in [0.717, 1.165) is 6.42 Å². The van der Waals surface area contributed by atoms with Gasteiger partial charge < -0.3 is 0 Å². The van der Waals surface area contributed by atoms with E-state index in [0.29, 0.717) is 24.5 Å². The van der Waals surface area contributed by atoms with Crippen LogP contribution in [-0.4, -0.2) is 5.78 Å². The SMILES string of the molecule is C=CCC(=O)CC1CCCc2ccccc21. The molecular formula is C15H18O. The van der Waals surface area contributed by atoms with Crippen LogP contribution in [-0.2, 0) is 11.2 Å². The average Bonchev–Trinajstić information content (AvgIpc) is 2.30. The Kier molecular flexibility index (Phi) is 3.55. The van der Waals surface area contributed by atoms with Crippen molar-refractivity contribution in [3.8, 4) is 0 Å². The van der Waals surface area contributed by atoms with Crippen molar-refractivity contribution in [1.29, 1.82) is 0 Å². The summed E-state index contributed by atoms with van der Waals surface area (Å²) >= 11 is 0. The van der Waals surface area contributed by atoms with Crippen LogP contribution in [0.1, 0.15) is 42.7 Å². The zero-order chi connectivity index (χ0) is 11.4. The molecule has 1 aliphatic rings. The van der Waals surface area contributed by atoms with Gasteiger partial charge in [0.1, 0.15) is 5.78 Å². The third-order valence-corrected chi connectivity index (χ3v) is 3.34. The molecule has 1 aromatic rings. The van der Waals surface area contributed by atoms with Crippen molar-refractivity contribution in [2.24, 2.45) is 0 Å². The fourth-order valence-corrected chi connectivity index (χ4v) is 2.59. The summed E-state index contributed by atoms with van der Waals surface area (Å²) in [7, 11) is 0. The molecule has 0 radical (unpaired) electrons. The van der Waals surface area contributed by atoms with Gasteiger partial charge in [0, 0.05) is 12.8 Å². The number of allylic oxidation sites excluding steroid dienone is 1. The lowest BCUT2D eigenvalue weighted by Gasteiger charge is -2.24. The zero-order valence-corrected chi connectivity index (χ0v) is 9.61. The number of benzene rings is 1. The van der Waals surface area contributed by atoms with Gasteiger partial charge in [-0.15, -0.1) is 6.58 Å². The monoisotopic (exact) mass is 214 g/mol. The Balaban J connectivity index is 2.12. The highest BCUT2D eigenvalue weighted by atomic mass is 16.1. The van der Waals surface area contributed by atoms with Crippen LogP contribution < -0.4 is 0 Å². The lowest BCUT2D eigenvalue weighted by Crippen LogP contribution is -2.13. The van der Waals surface area contributed by atoms with Gasteiger partial charge in [0.2, 0.25) is 0 Å². The molecule has 0 spiro atoms. The molecule has 0 amide bonds. The summed E-state index contributed by atoms with van der Waals surface area (Å²) in [6.07, 6.45) is 6.43. The van der Waals surface area contributed by atoms with Gasteiger partial charge in [-0.05, 0) is 36.3 Å². The summed E-state index contributed by atoms with van der Waals surface area (Å²) in [5.74, 6) is 0.758. The van der Waals surface area contributed by atoms with Crippen LogP contribution >= 0.6 is 0 Å². The van der Waals surface area contributed by atoms with Crippen LogP contribution in [0.25, 0.3) is 0 Å². The van der Waals surface area contributed by atoms with Crippen LogP contribution in [0.15, 0.2) is 36.9 Å². The van der Waals surface area contributed by atoms with Crippen molar-refractivity contribution in [3.63, 3.8) is 0 Å². The Morgan fingerprint density at radius 3 is 3.06 bits per heavy atom. The Morgan fingerprint density at radius 1 is 1.44 bits per heavy atom. The van der Waals surface area contributed by atoms with Crippen molar-refractivity contribution < 1.29 is 4.79 Å². The fraction of sp³-hybridized carbons (Fsp3) is 0.400. The van der Waals surface area contributed by atoms with Crippen LogP contribution in [0.4, 0.5) is 0 Å². The van der Waals surface area contributed by atoms with E-state index in [1.165, 1.54) is 24.0 Å². The molecule has 0 saturated heterocycles. The number of fused-ring (bicyclic) bond motifs is 1. The van der Waals surface area contributed by atoms with E-state index in [9.17, 15) is 4.79 Å². The number of rotatable bonds is 4. The van der Waals surface area contributed by atoms with Crippen LogP contribution in [0, 0.1) is 0 Å². The molecule has 1 heteroatoms. The van der Waals surface area contributed by atoms with E-state index in [2.05, 4.69) is 30.8 Å². The van der Waals surface area contributed by atoms with Gasteiger partial charge in [-0.2, -0.15) is 0 Å². The van der Waals surface area contributed by atoms with Crippen molar-refractivity contribution in [2.75, 3.05) is 0 Å². The Morgan fingerprint density at radius 2 is 2.25 bits per heavy atom. The van der Waals surface area contributed by atoms with E-state index in [-0.39, 0.29) is 0 Å². The van der Waals surface area contributed by atoms with E-state index in [4.69, 9.17) is 0 Å². The molecule has 0 heterocycles. The van der Waals surface area contributed by atoms with Crippen molar-refractivity contribution >= 4 is 5.78 Å². The second-order valence-corrected chi connectivity index (χ2v) is 4.52. The van der Waals surface area contributed by atoms with E-state index < -0.39 is 0 Å². The molecule has 1 aliphatic carbocycles. The van der Waals surface area contributed by atoms with Crippen LogP contribution in [0.2, 0.25) is 0 Å². The summed E-state index contributed by atoms with van der Waals surface area (Å²) in [4.78, 5) is 11.6. The van der Waals surface area contributed by atoms with Gasteiger partial charge in [0.05, 0.1) is 0 Å². The maximum atomic E-state index is 11.6. The summed E-state index contributed by atoms with van der Waals surface area (Å²) in [6, 6.07) is 8.54. The molecule has 0 aromatic heterocycles. The van der Waals surface area contributed by atoms with Gasteiger partial charge in [-0.25, -0.2) is 0 Å². The highest BCUT2D eigenvalue weighted by molar-refractivity contribution is 5.80. The molecular weight excluding hydrogens is 196 g/mol. The number of ketones is 1. The normalized spacial score (nSPS) is 18.9. The maximum Gasteiger partial charge on any atom is 0.137 e. The summed E-state index contributed by atoms with van der Waals surface area (Å²) in [6.45, 7) is 3.62. The highest BCUT2D eigenvalue weighted by Crippen LogP contribution is 2.34. The third kappa shape index (κ3) is 2.41. The van der Waals surface area contributed by atoms with Gasteiger partial charge >= 0.3 is 0 Å². The summed E-state index contributed by atoms with van der Waals surface area (Å²) in [5, 5.41) is 0. The molecule has 1 atom stereocenters.